The largest absolute Gasteiger partial charge is 0.506 e. The first-order chi connectivity index (χ1) is 9.49. The quantitative estimate of drug-likeness (QED) is 0.796. The van der Waals surface area contributed by atoms with Crippen molar-refractivity contribution >= 4 is 22.6 Å². The summed E-state index contributed by atoms with van der Waals surface area (Å²) in [5.41, 5.74) is 0.140. The number of carbonyl (C=O) groups is 2. The van der Waals surface area contributed by atoms with Gasteiger partial charge >= 0.3 is 5.97 Å². The molecular weight excluding hydrogens is 258 g/mol. The Morgan fingerprint density at radius 3 is 2.60 bits per heavy atom. The Kier molecular flexibility index (Phi) is 3.89. The second-order valence-corrected chi connectivity index (χ2v) is 4.66. The van der Waals surface area contributed by atoms with E-state index in [0.29, 0.717) is 5.39 Å². The first kappa shape index (κ1) is 13.9. The SMILES string of the molecule is CC(CC(=O)O)NC(=O)c1ccc2ccccc2c1O. The predicted octanol–water partition coefficient (Wildman–Crippen LogP) is 2.14. The number of fused-ring (bicyclic) bond motifs is 1. The van der Waals surface area contributed by atoms with Gasteiger partial charge in [0.25, 0.3) is 5.91 Å². The average molecular weight is 273 g/mol. The second kappa shape index (κ2) is 5.61. The average Bonchev–Trinajstić information content (AvgIpc) is 2.38. The monoisotopic (exact) mass is 273 g/mol. The zero-order chi connectivity index (χ0) is 14.7. The number of rotatable bonds is 4. The zero-order valence-electron chi connectivity index (χ0n) is 11.0. The highest BCUT2D eigenvalue weighted by Gasteiger charge is 2.16. The number of hydrogen-bond acceptors (Lipinski definition) is 3. The molecule has 2 aromatic carbocycles. The van der Waals surface area contributed by atoms with E-state index in [2.05, 4.69) is 5.32 Å². The number of aliphatic carboxylic acids is 1. The van der Waals surface area contributed by atoms with E-state index in [-0.39, 0.29) is 17.7 Å². The Morgan fingerprint density at radius 2 is 1.90 bits per heavy atom. The van der Waals surface area contributed by atoms with Crippen molar-refractivity contribution in [1.82, 2.24) is 5.32 Å². The van der Waals surface area contributed by atoms with Crippen molar-refractivity contribution in [1.29, 1.82) is 0 Å². The van der Waals surface area contributed by atoms with Crippen LogP contribution in [0.5, 0.6) is 5.75 Å². The predicted molar refractivity (Wildman–Crippen MR) is 74.8 cm³/mol. The normalized spacial score (nSPS) is 12.1. The molecule has 0 aliphatic heterocycles. The zero-order valence-corrected chi connectivity index (χ0v) is 11.0. The van der Waals surface area contributed by atoms with Gasteiger partial charge in [0.2, 0.25) is 0 Å². The van der Waals surface area contributed by atoms with E-state index in [1.54, 1.807) is 25.1 Å². The van der Waals surface area contributed by atoms with Gasteiger partial charge in [0, 0.05) is 11.4 Å². The summed E-state index contributed by atoms with van der Waals surface area (Å²) in [5.74, 6) is -1.56. The van der Waals surface area contributed by atoms with Crippen molar-refractivity contribution in [3.8, 4) is 5.75 Å². The molecule has 0 fully saturated rings. The van der Waals surface area contributed by atoms with E-state index < -0.39 is 17.9 Å². The summed E-state index contributed by atoms with van der Waals surface area (Å²) in [6.07, 6.45) is -0.167. The molecule has 0 aliphatic rings. The minimum absolute atomic E-state index is 0.0943. The van der Waals surface area contributed by atoms with Crippen LogP contribution in [-0.2, 0) is 4.79 Å². The van der Waals surface area contributed by atoms with Gasteiger partial charge in [-0.1, -0.05) is 30.3 Å². The lowest BCUT2D eigenvalue weighted by molar-refractivity contribution is -0.137. The molecule has 20 heavy (non-hydrogen) atoms. The summed E-state index contributed by atoms with van der Waals surface area (Å²) in [6, 6.07) is 9.94. The summed E-state index contributed by atoms with van der Waals surface area (Å²) in [4.78, 5) is 22.6. The van der Waals surface area contributed by atoms with Crippen molar-refractivity contribution in [3.63, 3.8) is 0 Å². The van der Waals surface area contributed by atoms with Crippen LogP contribution in [0.1, 0.15) is 23.7 Å². The Labute approximate surface area is 115 Å². The molecule has 0 saturated heterocycles. The smallest absolute Gasteiger partial charge is 0.305 e. The first-order valence-corrected chi connectivity index (χ1v) is 6.22. The van der Waals surface area contributed by atoms with Gasteiger partial charge in [-0.2, -0.15) is 0 Å². The summed E-state index contributed by atoms with van der Waals surface area (Å²) < 4.78 is 0. The highest BCUT2D eigenvalue weighted by atomic mass is 16.4. The maximum atomic E-state index is 12.0. The van der Waals surface area contributed by atoms with Gasteiger partial charge in [0.15, 0.2) is 0 Å². The molecule has 1 unspecified atom stereocenters. The molecule has 2 rings (SSSR count). The van der Waals surface area contributed by atoms with Crippen molar-refractivity contribution in [2.24, 2.45) is 0 Å². The molecule has 0 radical (unpaired) electrons. The number of benzene rings is 2. The Hall–Kier alpha value is -2.56. The minimum Gasteiger partial charge on any atom is -0.506 e. The van der Waals surface area contributed by atoms with E-state index in [0.717, 1.165) is 5.39 Å². The second-order valence-electron chi connectivity index (χ2n) is 4.66. The van der Waals surface area contributed by atoms with E-state index in [1.165, 1.54) is 6.07 Å². The van der Waals surface area contributed by atoms with E-state index in [4.69, 9.17) is 5.11 Å². The van der Waals surface area contributed by atoms with Gasteiger partial charge in [-0.05, 0) is 18.4 Å². The summed E-state index contributed by atoms with van der Waals surface area (Å²) >= 11 is 0. The maximum Gasteiger partial charge on any atom is 0.305 e. The van der Waals surface area contributed by atoms with Crippen molar-refractivity contribution in [3.05, 3.63) is 42.0 Å². The fourth-order valence-electron chi connectivity index (χ4n) is 2.05. The van der Waals surface area contributed by atoms with Crippen LogP contribution in [0.25, 0.3) is 10.8 Å². The molecule has 5 nitrogen and oxygen atoms in total. The van der Waals surface area contributed by atoms with E-state index >= 15 is 0 Å². The Morgan fingerprint density at radius 1 is 1.20 bits per heavy atom. The third-order valence-electron chi connectivity index (χ3n) is 3.00. The lowest BCUT2D eigenvalue weighted by Gasteiger charge is -2.13. The minimum atomic E-state index is -0.986. The standard InChI is InChI=1S/C15H15NO4/c1-9(8-13(17)18)16-15(20)12-7-6-10-4-2-3-5-11(10)14(12)19/h2-7,9,19H,8H2,1H3,(H,16,20)(H,17,18). The van der Waals surface area contributed by atoms with E-state index in [9.17, 15) is 14.7 Å². The molecule has 0 heterocycles. The Balaban J connectivity index is 2.26. The molecule has 0 aromatic heterocycles. The van der Waals surface area contributed by atoms with Gasteiger partial charge in [-0.25, -0.2) is 0 Å². The number of amides is 1. The van der Waals surface area contributed by atoms with Crippen LogP contribution in [0.15, 0.2) is 36.4 Å². The molecule has 0 saturated carbocycles. The number of phenols is 1. The third kappa shape index (κ3) is 2.88. The number of carboxylic acids is 1. The highest BCUT2D eigenvalue weighted by Crippen LogP contribution is 2.28. The van der Waals surface area contributed by atoms with Gasteiger partial charge in [-0.3, -0.25) is 9.59 Å². The molecule has 3 N–H and O–H groups in total. The van der Waals surface area contributed by atoms with Crippen molar-refractivity contribution in [2.75, 3.05) is 0 Å². The lowest BCUT2D eigenvalue weighted by atomic mass is 10.0. The molecule has 0 spiro atoms. The number of hydrogen-bond donors (Lipinski definition) is 3. The molecule has 5 heteroatoms. The topological polar surface area (TPSA) is 86.6 Å². The highest BCUT2D eigenvalue weighted by molar-refractivity contribution is 6.03. The molecule has 1 atom stereocenters. The van der Waals surface area contributed by atoms with Crippen molar-refractivity contribution in [2.45, 2.75) is 19.4 Å². The van der Waals surface area contributed by atoms with Gasteiger partial charge in [0.05, 0.1) is 12.0 Å². The van der Waals surface area contributed by atoms with Gasteiger partial charge < -0.3 is 15.5 Å². The Bertz CT molecular complexity index is 666. The fraction of sp³-hybridized carbons (Fsp3) is 0.200. The van der Waals surface area contributed by atoms with Crippen LogP contribution in [0.4, 0.5) is 0 Å². The number of nitrogens with one attached hydrogen (secondary N) is 1. The summed E-state index contributed by atoms with van der Waals surface area (Å²) in [6.45, 7) is 1.60. The molecular formula is C15H15NO4. The number of carbonyl (C=O) groups excluding carboxylic acids is 1. The van der Waals surface area contributed by atoms with E-state index in [1.807, 2.05) is 12.1 Å². The van der Waals surface area contributed by atoms with Crippen LogP contribution in [0, 0.1) is 0 Å². The summed E-state index contributed by atoms with van der Waals surface area (Å²) in [7, 11) is 0. The summed E-state index contributed by atoms with van der Waals surface area (Å²) in [5, 5.41) is 22.8. The molecule has 0 aliphatic carbocycles. The third-order valence-corrected chi connectivity index (χ3v) is 3.00. The van der Waals surface area contributed by atoms with Crippen LogP contribution in [-0.4, -0.2) is 28.1 Å². The van der Waals surface area contributed by atoms with Crippen LogP contribution in [0.2, 0.25) is 0 Å². The van der Waals surface area contributed by atoms with Crippen molar-refractivity contribution < 1.29 is 19.8 Å². The van der Waals surface area contributed by atoms with Gasteiger partial charge in [-0.15, -0.1) is 0 Å². The van der Waals surface area contributed by atoms with Crippen LogP contribution in [0.3, 0.4) is 0 Å². The molecule has 2 aromatic rings. The number of phenolic OH excluding ortho intramolecular Hbond substituents is 1. The van der Waals surface area contributed by atoms with Crippen LogP contribution < -0.4 is 5.32 Å². The number of carboxylic acid groups (broad SMARTS) is 1. The first-order valence-electron chi connectivity index (χ1n) is 6.22. The lowest BCUT2D eigenvalue weighted by Crippen LogP contribution is -2.34. The molecule has 0 bridgehead atoms. The van der Waals surface area contributed by atoms with Crippen LogP contribution >= 0.6 is 0 Å². The fourth-order valence-corrected chi connectivity index (χ4v) is 2.05. The molecule has 1 amide bonds. The van der Waals surface area contributed by atoms with Gasteiger partial charge in [0.1, 0.15) is 5.75 Å². The number of aromatic hydroxyl groups is 1. The molecule has 104 valence electrons. The maximum absolute atomic E-state index is 12.0.